The zero-order valence-electron chi connectivity index (χ0n) is 8.56. The average Bonchev–Trinajstić information content (AvgIpc) is 2.11. The van der Waals surface area contributed by atoms with Crippen LogP contribution in [-0.2, 0) is 0 Å². The molecule has 0 aromatic heterocycles. The highest BCUT2D eigenvalue weighted by atomic mass is 127. The molecule has 0 aliphatic heterocycles. The fraction of sp³-hybridized carbons (Fsp3) is 0.364. The molecule has 0 unspecified atom stereocenters. The van der Waals surface area contributed by atoms with Crippen molar-refractivity contribution in [1.82, 2.24) is 0 Å². The third-order valence-electron chi connectivity index (χ3n) is 2.03. The predicted octanol–water partition coefficient (Wildman–Crippen LogP) is 3.20. The quantitative estimate of drug-likeness (QED) is 0.633. The molecule has 3 heteroatoms. The van der Waals surface area contributed by atoms with Crippen LogP contribution in [0.2, 0.25) is 0 Å². The third-order valence-corrected chi connectivity index (χ3v) is 2.88. The van der Waals surface area contributed by atoms with E-state index in [-0.39, 0.29) is 5.78 Å². The van der Waals surface area contributed by atoms with Crippen molar-refractivity contribution in [1.29, 1.82) is 0 Å². The molecule has 0 atom stereocenters. The van der Waals surface area contributed by atoms with Gasteiger partial charge in [0.1, 0.15) is 5.75 Å². The Kier molecular flexibility index (Phi) is 3.92. The molecule has 1 aromatic rings. The van der Waals surface area contributed by atoms with E-state index in [0.29, 0.717) is 6.61 Å². The number of Topliss-reactive ketones (excluding diaryl/α,β-unsaturated/α-hetero) is 1. The summed E-state index contributed by atoms with van der Waals surface area (Å²) in [6.07, 6.45) is 0. The molecule has 0 fully saturated rings. The lowest BCUT2D eigenvalue weighted by atomic mass is 10.1. The molecule has 0 N–H and O–H groups in total. The standard InChI is InChI=1S/C11H13IO2/c1-4-14-11-7(2)9(8(3)13)5-6-10(11)12/h5-6H,4H2,1-3H3. The normalized spacial score (nSPS) is 10.0. The topological polar surface area (TPSA) is 26.3 Å². The van der Waals surface area contributed by atoms with Crippen LogP contribution in [0.1, 0.15) is 29.8 Å². The second-order valence-corrected chi connectivity index (χ2v) is 4.20. The van der Waals surface area contributed by atoms with Crippen molar-refractivity contribution in [2.75, 3.05) is 6.61 Å². The Hall–Kier alpha value is -0.580. The first-order valence-electron chi connectivity index (χ1n) is 4.50. The van der Waals surface area contributed by atoms with Crippen LogP contribution in [0.3, 0.4) is 0 Å². The van der Waals surface area contributed by atoms with Crippen molar-refractivity contribution in [3.8, 4) is 5.75 Å². The number of ketones is 1. The lowest BCUT2D eigenvalue weighted by Crippen LogP contribution is -2.02. The van der Waals surface area contributed by atoms with E-state index in [2.05, 4.69) is 22.6 Å². The molecule has 76 valence electrons. The van der Waals surface area contributed by atoms with Gasteiger partial charge in [0.15, 0.2) is 5.78 Å². The van der Waals surface area contributed by atoms with Crippen LogP contribution in [0.5, 0.6) is 5.75 Å². The fourth-order valence-electron chi connectivity index (χ4n) is 1.36. The van der Waals surface area contributed by atoms with Crippen LogP contribution < -0.4 is 4.74 Å². The molecule has 0 spiro atoms. The van der Waals surface area contributed by atoms with Crippen molar-refractivity contribution < 1.29 is 9.53 Å². The molecule has 14 heavy (non-hydrogen) atoms. The molecule has 0 radical (unpaired) electrons. The van der Waals surface area contributed by atoms with Crippen molar-refractivity contribution in [2.24, 2.45) is 0 Å². The summed E-state index contributed by atoms with van der Waals surface area (Å²) in [7, 11) is 0. The summed E-state index contributed by atoms with van der Waals surface area (Å²) in [5.74, 6) is 0.917. The molecule has 1 rings (SSSR count). The first-order valence-corrected chi connectivity index (χ1v) is 5.58. The van der Waals surface area contributed by atoms with Crippen LogP contribution in [-0.4, -0.2) is 12.4 Å². The average molecular weight is 304 g/mol. The van der Waals surface area contributed by atoms with E-state index in [4.69, 9.17) is 4.74 Å². The Morgan fingerprint density at radius 2 is 2.14 bits per heavy atom. The molecular formula is C11H13IO2. The lowest BCUT2D eigenvalue weighted by Gasteiger charge is -2.11. The second kappa shape index (κ2) is 4.77. The number of ether oxygens (including phenoxy) is 1. The number of hydrogen-bond acceptors (Lipinski definition) is 2. The van der Waals surface area contributed by atoms with Crippen molar-refractivity contribution in [2.45, 2.75) is 20.8 Å². The summed E-state index contributed by atoms with van der Waals surface area (Å²) in [6, 6.07) is 3.76. The van der Waals surface area contributed by atoms with Crippen molar-refractivity contribution in [3.05, 3.63) is 26.8 Å². The maximum absolute atomic E-state index is 11.3. The summed E-state index contributed by atoms with van der Waals surface area (Å²) in [5, 5.41) is 0. The molecule has 1 aromatic carbocycles. The minimum absolute atomic E-state index is 0.0832. The fourth-order valence-corrected chi connectivity index (χ4v) is 2.10. The summed E-state index contributed by atoms with van der Waals surface area (Å²) in [6.45, 7) is 6.06. The van der Waals surface area contributed by atoms with E-state index >= 15 is 0 Å². The van der Waals surface area contributed by atoms with Gasteiger partial charge < -0.3 is 4.74 Å². The van der Waals surface area contributed by atoms with E-state index in [1.165, 1.54) is 0 Å². The zero-order valence-corrected chi connectivity index (χ0v) is 10.7. The number of hydrogen-bond donors (Lipinski definition) is 0. The van der Waals surface area contributed by atoms with Gasteiger partial charge in [0.05, 0.1) is 10.2 Å². The van der Waals surface area contributed by atoms with Crippen molar-refractivity contribution >= 4 is 28.4 Å². The van der Waals surface area contributed by atoms with Gasteiger partial charge in [-0.2, -0.15) is 0 Å². The smallest absolute Gasteiger partial charge is 0.160 e. The molecule has 0 aliphatic carbocycles. The predicted molar refractivity (Wildman–Crippen MR) is 65.1 cm³/mol. The van der Waals surface area contributed by atoms with Gasteiger partial charge in [-0.15, -0.1) is 0 Å². The van der Waals surface area contributed by atoms with Crippen LogP contribution in [0.25, 0.3) is 0 Å². The number of carbonyl (C=O) groups excluding carboxylic acids is 1. The molecule has 0 bridgehead atoms. The van der Waals surface area contributed by atoms with Gasteiger partial charge in [0, 0.05) is 11.1 Å². The third kappa shape index (κ3) is 2.26. The first-order chi connectivity index (χ1) is 6.57. The zero-order chi connectivity index (χ0) is 10.7. The maximum atomic E-state index is 11.3. The highest BCUT2D eigenvalue weighted by molar-refractivity contribution is 14.1. The minimum atomic E-state index is 0.0832. The van der Waals surface area contributed by atoms with E-state index in [9.17, 15) is 4.79 Å². The number of carbonyl (C=O) groups is 1. The van der Waals surface area contributed by atoms with Gasteiger partial charge in [-0.3, -0.25) is 4.79 Å². The Morgan fingerprint density at radius 3 is 2.64 bits per heavy atom. The van der Waals surface area contributed by atoms with E-state index in [1.807, 2.05) is 26.0 Å². The molecular weight excluding hydrogens is 291 g/mol. The van der Waals surface area contributed by atoms with E-state index < -0.39 is 0 Å². The number of benzene rings is 1. The Labute approximate surface area is 97.8 Å². The molecule has 0 amide bonds. The Balaban J connectivity index is 3.26. The van der Waals surface area contributed by atoms with Crippen LogP contribution in [0.15, 0.2) is 12.1 Å². The molecule has 0 aliphatic rings. The van der Waals surface area contributed by atoms with Crippen molar-refractivity contribution in [3.63, 3.8) is 0 Å². The summed E-state index contributed by atoms with van der Waals surface area (Å²) >= 11 is 2.21. The van der Waals surface area contributed by atoms with E-state index in [1.54, 1.807) is 6.92 Å². The van der Waals surface area contributed by atoms with Crippen LogP contribution in [0.4, 0.5) is 0 Å². The minimum Gasteiger partial charge on any atom is -0.492 e. The molecule has 0 saturated carbocycles. The molecule has 0 heterocycles. The van der Waals surface area contributed by atoms with Gasteiger partial charge >= 0.3 is 0 Å². The van der Waals surface area contributed by atoms with Crippen LogP contribution in [0, 0.1) is 10.5 Å². The van der Waals surface area contributed by atoms with Gasteiger partial charge in [0.2, 0.25) is 0 Å². The Morgan fingerprint density at radius 1 is 1.50 bits per heavy atom. The number of rotatable bonds is 3. The van der Waals surface area contributed by atoms with Gasteiger partial charge in [-0.1, -0.05) is 0 Å². The lowest BCUT2D eigenvalue weighted by molar-refractivity contribution is 0.101. The van der Waals surface area contributed by atoms with E-state index in [0.717, 1.165) is 20.4 Å². The summed E-state index contributed by atoms with van der Waals surface area (Å²) in [4.78, 5) is 11.3. The second-order valence-electron chi connectivity index (χ2n) is 3.04. The SMILES string of the molecule is CCOc1c(I)ccc(C(C)=O)c1C. The first kappa shape index (κ1) is 11.5. The maximum Gasteiger partial charge on any atom is 0.160 e. The largest absolute Gasteiger partial charge is 0.492 e. The monoisotopic (exact) mass is 304 g/mol. The summed E-state index contributed by atoms with van der Waals surface area (Å²) in [5.41, 5.74) is 1.68. The summed E-state index contributed by atoms with van der Waals surface area (Å²) < 4.78 is 6.55. The van der Waals surface area contributed by atoms with Crippen LogP contribution >= 0.6 is 22.6 Å². The van der Waals surface area contributed by atoms with Gasteiger partial charge in [-0.05, 0) is 55.5 Å². The Bertz CT molecular complexity index is 359. The number of halogens is 1. The highest BCUT2D eigenvalue weighted by Gasteiger charge is 2.11. The molecule has 2 nitrogen and oxygen atoms in total. The highest BCUT2D eigenvalue weighted by Crippen LogP contribution is 2.28. The van der Waals surface area contributed by atoms with Gasteiger partial charge in [-0.25, -0.2) is 0 Å². The molecule has 0 saturated heterocycles. The van der Waals surface area contributed by atoms with Gasteiger partial charge in [0.25, 0.3) is 0 Å².